The first-order valence-corrected chi connectivity index (χ1v) is 9.67. The number of carbonyl (C=O) groups is 3. The molecule has 0 radical (unpaired) electrons. The zero-order valence-corrected chi connectivity index (χ0v) is 15.6. The minimum absolute atomic E-state index is 0.00624. The molecule has 1 aromatic rings. The highest BCUT2D eigenvalue weighted by Gasteiger charge is 2.67. The van der Waals surface area contributed by atoms with Crippen LogP contribution >= 0.6 is 0 Å². The lowest BCUT2D eigenvalue weighted by atomic mass is 9.63. The largest absolute Gasteiger partial charge is 0.416 e. The zero-order chi connectivity index (χ0) is 20.7. The van der Waals surface area contributed by atoms with Crippen LogP contribution in [0.5, 0.6) is 0 Å². The minimum atomic E-state index is -4.56. The van der Waals surface area contributed by atoms with Crippen molar-refractivity contribution in [3.05, 3.63) is 42.0 Å². The predicted octanol–water partition coefficient (Wildman–Crippen LogP) is 3.07. The molecule has 3 fully saturated rings. The van der Waals surface area contributed by atoms with Crippen molar-refractivity contribution in [2.45, 2.75) is 19.5 Å². The van der Waals surface area contributed by atoms with Crippen LogP contribution in [0.1, 0.15) is 18.9 Å². The quantitative estimate of drug-likeness (QED) is 0.575. The van der Waals surface area contributed by atoms with Crippen molar-refractivity contribution in [2.75, 3.05) is 11.6 Å². The zero-order valence-electron chi connectivity index (χ0n) is 15.6. The Morgan fingerprint density at radius 2 is 1.69 bits per heavy atom. The summed E-state index contributed by atoms with van der Waals surface area (Å²) in [4.78, 5) is 40.5. The fourth-order valence-electron chi connectivity index (χ4n) is 5.51. The number of anilines is 1. The van der Waals surface area contributed by atoms with Crippen LogP contribution in [0.15, 0.2) is 36.4 Å². The van der Waals surface area contributed by atoms with Crippen LogP contribution in [0.2, 0.25) is 0 Å². The van der Waals surface area contributed by atoms with E-state index in [2.05, 4.69) is 0 Å². The van der Waals surface area contributed by atoms with Gasteiger partial charge in [0.25, 0.3) is 0 Å². The molecule has 0 N–H and O–H groups in total. The van der Waals surface area contributed by atoms with E-state index in [9.17, 15) is 27.6 Å². The van der Waals surface area contributed by atoms with Gasteiger partial charge in [-0.25, -0.2) is 0 Å². The Kier molecular flexibility index (Phi) is 3.76. The highest BCUT2D eigenvalue weighted by atomic mass is 19.4. The molecular formula is C21H19F3N2O3. The van der Waals surface area contributed by atoms with Gasteiger partial charge in [0.15, 0.2) is 0 Å². The third kappa shape index (κ3) is 2.64. The molecule has 2 bridgehead atoms. The number of halogens is 3. The van der Waals surface area contributed by atoms with E-state index in [4.69, 9.17) is 0 Å². The smallest absolute Gasteiger partial charge is 0.294 e. The Labute approximate surface area is 165 Å². The Morgan fingerprint density at radius 1 is 1.10 bits per heavy atom. The summed E-state index contributed by atoms with van der Waals surface area (Å²) in [5, 5.41) is 0. The van der Waals surface area contributed by atoms with Gasteiger partial charge in [-0.05, 0) is 48.3 Å². The highest BCUT2D eigenvalue weighted by molar-refractivity contribution is 6.07. The molecule has 3 amide bonds. The van der Waals surface area contributed by atoms with E-state index in [1.165, 1.54) is 19.1 Å². The van der Waals surface area contributed by atoms with Gasteiger partial charge in [0.2, 0.25) is 17.7 Å². The molecule has 0 aromatic heterocycles. The molecule has 1 aromatic carbocycles. The van der Waals surface area contributed by atoms with Crippen molar-refractivity contribution in [3.63, 3.8) is 0 Å². The molecule has 1 aliphatic heterocycles. The molecule has 6 rings (SSSR count). The molecule has 2 saturated carbocycles. The molecule has 0 spiro atoms. The molecule has 6 atom stereocenters. The predicted molar refractivity (Wildman–Crippen MR) is 96.0 cm³/mol. The summed E-state index contributed by atoms with van der Waals surface area (Å²) in [6, 6.07) is 4.35. The van der Waals surface area contributed by atoms with E-state index in [0.717, 1.165) is 28.4 Å². The van der Waals surface area contributed by atoms with Crippen LogP contribution in [0.25, 0.3) is 0 Å². The molecule has 29 heavy (non-hydrogen) atoms. The Balaban J connectivity index is 1.44. The molecule has 5 nitrogen and oxygen atoms in total. The Morgan fingerprint density at radius 3 is 2.21 bits per heavy atom. The third-order valence-electron chi connectivity index (χ3n) is 6.90. The van der Waals surface area contributed by atoms with Crippen LogP contribution in [0.3, 0.4) is 0 Å². The van der Waals surface area contributed by atoms with E-state index in [0.29, 0.717) is 11.8 Å². The van der Waals surface area contributed by atoms with Crippen molar-refractivity contribution in [2.24, 2.45) is 35.5 Å². The van der Waals surface area contributed by atoms with E-state index < -0.39 is 29.5 Å². The van der Waals surface area contributed by atoms with Gasteiger partial charge in [-0.3, -0.25) is 24.2 Å². The number of carbonyl (C=O) groups excluding carboxylic acids is 3. The molecular weight excluding hydrogens is 385 g/mol. The fraction of sp³-hybridized carbons (Fsp3) is 0.476. The van der Waals surface area contributed by atoms with Crippen LogP contribution in [-0.2, 0) is 20.6 Å². The van der Waals surface area contributed by atoms with Gasteiger partial charge in [0.05, 0.1) is 17.4 Å². The maximum Gasteiger partial charge on any atom is 0.416 e. The van der Waals surface area contributed by atoms with Crippen LogP contribution < -0.4 is 4.90 Å². The third-order valence-corrected chi connectivity index (χ3v) is 6.90. The van der Waals surface area contributed by atoms with E-state index in [1.54, 1.807) is 0 Å². The number of amides is 3. The number of hydrogen-bond donors (Lipinski definition) is 0. The fourth-order valence-corrected chi connectivity index (χ4v) is 5.51. The number of rotatable bonds is 3. The lowest BCUT2D eigenvalue weighted by Gasteiger charge is -2.37. The van der Waals surface area contributed by atoms with Crippen molar-refractivity contribution in [1.82, 2.24) is 4.90 Å². The Bertz CT molecular complexity index is 921. The summed E-state index contributed by atoms with van der Waals surface area (Å²) < 4.78 is 39.2. The number of allylic oxidation sites excluding steroid dienone is 2. The molecule has 0 unspecified atom stereocenters. The molecule has 152 valence electrons. The molecule has 1 saturated heterocycles. The number of nitrogens with zero attached hydrogens (tertiary/aromatic N) is 2. The van der Waals surface area contributed by atoms with Crippen molar-refractivity contribution < 1.29 is 27.6 Å². The van der Waals surface area contributed by atoms with Gasteiger partial charge < -0.3 is 0 Å². The average molecular weight is 404 g/mol. The summed E-state index contributed by atoms with van der Waals surface area (Å²) >= 11 is 0. The van der Waals surface area contributed by atoms with E-state index >= 15 is 0 Å². The lowest BCUT2D eigenvalue weighted by Crippen LogP contribution is -2.44. The summed E-state index contributed by atoms with van der Waals surface area (Å²) in [6.07, 6.45) is 0.576. The number of likely N-dealkylation sites (tertiary alicyclic amines) is 1. The topological polar surface area (TPSA) is 57.7 Å². The summed E-state index contributed by atoms with van der Waals surface area (Å²) in [5.74, 6) is -0.972. The van der Waals surface area contributed by atoms with Crippen LogP contribution in [-0.4, -0.2) is 29.3 Å². The van der Waals surface area contributed by atoms with E-state index in [1.807, 2.05) is 12.2 Å². The van der Waals surface area contributed by atoms with Crippen molar-refractivity contribution in [1.29, 1.82) is 0 Å². The summed E-state index contributed by atoms with van der Waals surface area (Å²) in [7, 11) is 0. The van der Waals surface area contributed by atoms with Gasteiger partial charge in [-0.1, -0.05) is 18.2 Å². The van der Waals surface area contributed by atoms with Gasteiger partial charge in [-0.2, -0.15) is 13.2 Å². The standard InChI is InChI=1S/C21H19F3N2O3/c1-10(27)25(12-4-2-3-11(7-12)21(22,23)24)9-26-19(28)17-13-5-6-14(16-8-15(13)16)18(17)20(26)29/h2-7,13-18H,8-9H2,1H3/t13-,14-,15-,16+,17-,18+/m0/s1. The highest BCUT2D eigenvalue weighted by Crippen LogP contribution is 2.65. The second kappa shape index (κ2) is 5.93. The summed E-state index contributed by atoms with van der Waals surface area (Å²) in [6.45, 7) is 0.842. The van der Waals surface area contributed by atoms with Gasteiger partial charge >= 0.3 is 6.18 Å². The number of imide groups is 1. The number of alkyl halides is 3. The van der Waals surface area contributed by atoms with Gasteiger partial charge in [0, 0.05) is 12.6 Å². The second-order valence-electron chi connectivity index (χ2n) is 8.40. The monoisotopic (exact) mass is 404 g/mol. The first-order valence-electron chi connectivity index (χ1n) is 9.67. The van der Waals surface area contributed by atoms with Gasteiger partial charge in [0.1, 0.15) is 6.67 Å². The number of benzene rings is 1. The van der Waals surface area contributed by atoms with Crippen LogP contribution in [0, 0.1) is 35.5 Å². The average Bonchev–Trinajstić information content (AvgIpc) is 3.45. The van der Waals surface area contributed by atoms with Crippen LogP contribution in [0.4, 0.5) is 18.9 Å². The molecule has 5 aliphatic rings. The molecule has 1 heterocycles. The molecule has 4 aliphatic carbocycles. The maximum absolute atomic E-state index is 13.1. The van der Waals surface area contributed by atoms with Crippen molar-refractivity contribution >= 4 is 23.4 Å². The first-order chi connectivity index (χ1) is 13.7. The maximum atomic E-state index is 13.1. The molecule has 8 heteroatoms. The normalized spacial score (nSPS) is 34.3. The summed E-state index contributed by atoms with van der Waals surface area (Å²) in [5.41, 5.74) is -0.886. The SMILES string of the molecule is CC(=O)N(CN1C(=O)[C@@H]2[C@H]3C=C[C@@H]([C@@H]4C[C@H]34)[C@@H]2C1=O)c1cccc(C(F)(F)F)c1. The Hall–Kier alpha value is -2.64. The first kappa shape index (κ1) is 18.4. The minimum Gasteiger partial charge on any atom is -0.294 e. The number of hydrogen-bond acceptors (Lipinski definition) is 3. The lowest BCUT2D eigenvalue weighted by molar-refractivity contribution is -0.141. The second-order valence-corrected chi connectivity index (χ2v) is 8.40. The van der Waals surface area contributed by atoms with Gasteiger partial charge in [-0.15, -0.1) is 0 Å². The van der Waals surface area contributed by atoms with E-state index in [-0.39, 0.29) is 36.0 Å². The van der Waals surface area contributed by atoms with Crippen molar-refractivity contribution in [3.8, 4) is 0 Å².